The predicted molar refractivity (Wildman–Crippen MR) is 135 cm³/mol. The van der Waals surface area contributed by atoms with Gasteiger partial charge in [-0.25, -0.2) is 4.79 Å². The van der Waals surface area contributed by atoms with Gasteiger partial charge >= 0.3 is 5.97 Å². The van der Waals surface area contributed by atoms with Crippen LogP contribution in [0, 0.1) is 0 Å². The van der Waals surface area contributed by atoms with E-state index in [1.165, 1.54) is 17.4 Å². The molecule has 0 spiro atoms. The zero-order chi connectivity index (χ0) is 23.6. The summed E-state index contributed by atoms with van der Waals surface area (Å²) in [5, 5.41) is 5.67. The molecule has 3 aromatic rings. The maximum atomic E-state index is 12.7. The Hall–Kier alpha value is -3.09. The Balaban J connectivity index is 1.73. The highest BCUT2D eigenvalue weighted by atomic mass is 35.5. The molecule has 172 valence electrons. The van der Waals surface area contributed by atoms with Crippen LogP contribution in [0.3, 0.4) is 0 Å². The lowest BCUT2D eigenvalue weighted by Crippen LogP contribution is -2.12. The number of ether oxygens (including phenoxy) is 2. The van der Waals surface area contributed by atoms with E-state index < -0.39 is 5.97 Å². The number of rotatable bonds is 10. The van der Waals surface area contributed by atoms with Crippen molar-refractivity contribution in [2.45, 2.75) is 26.7 Å². The van der Waals surface area contributed by atoms with Gasteiger partial charge in [0.2, 0.25) is 5.91 Å². The number of carbonyl (C=O) groups excluding carboxylic acids is 2. The van der Waals surface area contributed by atoms with Crippen molar-refractivity contribution in [3.63, 3.8) is 0 Å². The summed E-state index contributed by atoms with van der Waals surface area (Å²) >= 11 is 7.26. The fraction of sp³-hybridized carbons (Fsp3) is 0.231. The number of benzene rings is 2. The molecule has 0 unspecified atom stereocenters. The van der Waals surface area contributed by atoms with Crippen molar-refractivity contribution in [1.82, 2.24) is 0 Å². The van der Waals surface area contributed by atoms with Gasteiger partial charge in [0, 0.05) is 22.0 Å². The number of anilines is 1. The molecule has 0 bridgehead atoms. The molecular formula is C26H26ClNO4S. The summed E-state index contributed by atoms with van der Waals surface area (Å²) in [5.41, 5.74) is 2.70. The normalized spacial score (nSPS) is 10.9. The molecule has 1 amide bonds. The molecular weight excluding hydrogens is 458 g/mol. The van der Waals surface area contributed by atoms with Gasteiger partial charge in [0.25, 0.3) is 0 Å². The number of amides is 1. The fourth-order valence-corrected chi connectivity index (χ4v) is 4.12. The highest BCUT2D eigenvalue weighted by Gasteiger charge is 2.22. The number of carbonyl (C=O) groups is 2. The van der Waals surface area contributed by atoms with Gasteiger partial charge in [0.05, 0.1) is 13.2 Å². The molecule has 0 radical (unpaired) electrons. The molecule has 0 saturated carbocycles. The highest BCUT2D eigenvalue weighted by molar-refractivity contribution is 7.15. The van der Waals surface area contributed by atoms with E-state index in [9.17, 15) is 9.59 Å². The number of esters is 1. The summed E-state index contributed by atoms with van der Waals surface area (Å²) < 4.78 is 10.9. The summed E-state index contributed by atoms with van der Waals surface area (Å²) in [6.07, 6.45) is 5.24. The Morgan fingerprint density at radius 2 is 1.79 bits per heavy atom. The van der Waals surface area contributed by atoms with Crippen molar-refractivity contribution < 1.29 is 19.1 Å². The molecule has 1 N–H and O–H groups in total. The Kier molecular flexibility index (Phi) is 9.10. The lowest BCUT2D eigenvalue weighted by Gasteiger charge is -2.08. The first-order chi connectivity index (χ1) is 16.0. The van der Waals surface area contributed by atoms with Crippen LogP contribution in [0.25, 0.3) is 17.2 Å². The van der Waals surface area contributed by atoms with E-state index >= 15 is 0 Å². The number of nitrogens with one attached hydrogen (secondary N) is 1. The Morgan fingerprint density at radius 1 is 1.06 bits per heavy atom. The van der Waals surface area contributed by atoms with Crippen molar-refractivity contribution in [2.75, 3.05) is 18.5 Å². The van der Waals surface area contributed by atoms with Crippen LogP contribution in [0.5, 0.6) is 5.75 Å². The van der Waals surface area contributed by atoms with Crippen LogP contribution in [0.2, 0.25) is 5.02 Å². The van der Waals surface area contributed by atoms with E-state index in [1.54, 1.807) is 25.1 Å². The van der Waals surface area contributed by atoms with E-state index in [0.29, 0.717) is 27.8 Å². The molecule has 7 heteroatoms. The lowest BCUT2D eigenvalue weighted by atomic mass is 10.0. The molecule has 2 aromatic carbocycles. The number of halogens is 1. The molecule has 0 aliphatic heterocycles. The quantitative estimate of drug-likeness (QED) is 0.190. The van der Waals surface area contributed by atoms with Gasteiger partial charge in [-0.1, -0.05) is 49.2 Å². The van der Waals surface area contributed by atoms with Gasteiger partial charge < -0.3 is 14.8 Å². The van der Waals surface area contributed by atoms with E-state index in [0.717, 1.165) is 29.7 Å². The summed E-state index contributed by atoms with van der Waals surface area (Å²) in [5.74, 6) is -0.0209. The molecule has 0 fully saturated rings. The predicted octanol–water partition coefficient (Wildman–Crippen LogP) is 7.08. The van der Waals surface area contributed by atoms with Crippen LogP contribution in [0.4, 0.5) is 5.00 Å². The molecule has 1 aromatic heterocycles. The smallest absolute Gasteiger partial charge is 0.341 e. The lowest BCUT2D eigenvalue weighted by molar-refractivity contribution is -0.111. The average molecular weight is 484 g/mol. The van der Waals surface area contributed by atoms with Gasteiger partial charge in [-0.3, -0.25) is 4.79 Å². The first-order valence-corrected chi connectivity index (χ1v) is 12.0. The van der Waals surface area contributed by atoms with Gasteiger partial charge in [-0.2, -0.15) is 0 Å². The second-order valence-corrected chi connectivity index (χ2v) is 8.49. The van der Waals surface area contributed by atoms with Gasteiger partial charge in [0.1, 0.15) is 16.3 Å². The van der Waals surface area contributed by atoms with Gasteiger partial charge in [0.15, 0.2) is 0 Å². The number of hydrogen-bond acceptors (Lipinski definition) is 5. The van der Waals surface area contributed by atoms with Crippen LogP contribution in [0.15, 0.2) is 60.0 Å². The summed E-state index contributed by atoms with van der Waals surface area (Å²) in [6, 6.07) is 14.7. The summed E-state index contributed by atoms with van der Waals surface area (Å²) in [6.45, 7) is 4.79. The Labute approximate surface area is 203 Å². The van der Waals surface area contributed by atoms with Crippen molar-refractivity contribution in [2.24, 2.45) is 0 Å². The SMILES string of the molecule is CCCCOc1ccc(C=CC(=O)Nc2scc(-c3ccc(Cl)cc3)c2C(=O)OCC)cc1. The van der Waals surface area contributed by atoms with Crippen molar-refractivity contribution in [3.8, 4) is 16.9 Å². The second-order valence-electron chi connectivity index (χ2n) is 7.17. The third-order valence-electron chi connectivity index (χ3n) is 4.74. The number of unbranched alkanes of at least 4 members (excludes halogenated alkanes) is 1. The molecule has 3 rings (SSSR count). The molecule has 1 heterocycles. The van der Waals surface area contributed by atoms with Crippen LogP contribution < -0.4 is 10.1 Å². The largest absolute Gasteiger partial charge is 0.494 e. The van der Waals surface area contributed by atoms with Crippen molar-refractivity contribution in [1.29, 1.82) is 0 Å². The first-order valence-electron chi connectivity index (χ1n) is 10.8. The number of hydrogen-bond donors (Lipinski definition) is 1. The topological polar surface area (TPSA) is 64.6 Å². The molecule has 0 saturated heterocycles. The van der Waals surface area contributed by atoms with Crippen LogP contribution >= 0.6 is 22.9 Å². The summed E-state index contributed by atoms with van der Waals surface area (Å²) in [4.78, 5) is 25.2. The monoisotopic (exact) mass is 483 g/mol. The summed E-state index contributed by atoms with van der Waals surface area (Å²) in [7, 11) is 0. The van der Waals surface area contributed by atoms with E-state index in [-0.39, 0.29) is 12.5 Å². The Bertz CT molecular complexity index is 1100. The standard InChI is InChI=1S/C26H26ClNO4S/c1-3-5-16-32-21-13-6-18(7-14-21)8-15-23(29)28-25-24(26(30)31-4-2)22(17-33-25)19-9-11-20(27)12-10-19/h6-15,17H,3-5,16H2,1-2H3,(H,28,29). The first kappa shape index (κ1) is 24.6. The fourth-order valence-electron chi connectivity index (χ4n) is 3.03. The molecule has 0 aliphatic carbocycles. The van der Waals surface area contributed by atoms with E-state index in [2.05, 4.69) is 12.2 Å². The third-order valence-corrected chi connectivity index (χ3v) is 5.88. The Morgan fingerprint density at radius 3 is 2.45 bits per heavy atom. The molecule has 0 aliphatic rings. The third kappa shape index (κ3) is 6.94. The van der Waals surface area contributed by atoms with Crippen LogP contribution in [-0.4, -0.2) is 25.1 Å². The average Bonchev–Trinajstić information content (AvgIpc) is 3.23. The van der Waals surface area contributed by atoms with Crippen LogP contribution in [-0.2, 0) is 9.53 Å². The zero-order valence-electron chi connectivity index (χ0n) is 18.6. The second kappa shape index (κ2) is 12.2. The molecule has 33 heavy (non-hydrogen) atoms. The van der Waals surface area contributed by atoms with E-state index in [1.807, 2.05) is 41.8 Å². The minimum Gasteiger partial charge on any atom is -0.494 e. The molecule has 0 atom stereocenters. The minimum atomic E-state index is -0.485. The van der Waals surface area contributed by atoms with Crippen molar-refractivity contribution in [3.05, 3.63) is 76.1 Å². The van der Waals surface area contributed by atoms with Gasteiger partial charge in [-0.05, 0) is 54.8 Å². The molecule has 5 nitrogen and oxygen atoms in total. The van der Waals surface area contributed by atoms with E-state index in [4.69, 9.17) is 21.1 Å². The van der Waals surface area contributed by atoms with Crippen molar-refractivity contribution >= 4 is 45.9 Å². The number of thiophene rings is 1. The maximum absolute atomic E-state index is 12.7. The minimum absolute atomic E-state index is 0.236. The maximum Gasteiger partial charge on any atom is 0.341 e. The highest BCUT2D eigenvalue weighted by Crippen LogP contribution is 2.36. The zero-order valence-corrected chi connectivity index (χ0v) is 20.2. The van der Waals surface area contributed by atoms with Gasteiger partial charge in [-0.15, -0.1) is 11.3 Å². The van der Waals surface area contributed by atoms with Crippen LogP contribution in [0.1, 0.15) is 42.6 Å².